The molecule has 0 saturated carbocycles. The number of nitrogens with one attached hydrogen (secondary N) is 1. The van der Waals surface area contributed by atoms with Gasteiger partial charge in [0, 0.05) is 11.3 Å². The van der Waals surface area contributed by atoms with Gasteiger partial charge < -0.3 is 5.32 Å². The molecule has 3 rings (SSSR count). The molecule has 0 radical (unpaired) electrons. The van der Waals surface area contributed by atoms with Gasteiger partial charge in [0.05, 0.1) is 11.8 Å². The van der Waals surface area contributed by atoms with Gasteiger partial charge in [-0.25, -0.2) is 4.39 Å². The first-order chi connectivity index (χ1) is 14.3. The molecule has 3 aromatic rings. The van der Waals surface area contributed by atoms with Gasteiger partial charge in [-0.3, -0.25) is 9.36 Å². The minimum Gasteiger partial charge on any atom is -0.337 e. The van der Waals surface area contributed by atoms with Crippen molar-refractivity contribution >= 4 is 17.7 Å². The molecule has 2 aromatic carbocycles. The van der Waals surface area contributed by atoms with Crippen LogP contribution in [0.15, 0.2) is 59.8 Å². The number of amides is 1. The number of benzene rings is 2. The fourth-order valence-electron chi connectivity index (χ4n) is 2.72. The maximum absolute atomic E-state index is 13.4. The Morgan fingerprint density at radius 3 is 2.47 bits per heavy atom. The first kappa shape index (κ1) is 21.5. The highest BCUT2D eigenvalue weighted by molar-refractivity contribution is 7.99. The highest BCUT2D eigenvalue weighted by atomic mass is 32.2. The average molecular weight is 424 g/mol. The minimum atomic E-state index is -0.947. The van der Waals surface area contributed by atoms with E-state index in [0.717, 1.165) is 5.56 Å². The molecule has 1 atom stereocenters. The maximum atomic E-state index is 13.4. The molecule has 154 valence electrons. The number of carbonyl (C=O) groups excluding carboxylic acids is 1. The van der Waals surface area contributed by atoms with Crippen LogP contribution in [0.2, 0.25) is 0 Å². The number of halogens is 1. The molecule has 1 amide bonds. The topological polar surface area (TPSA) is 83.6 Å². The van der Waals surface area contributed by atoms with Crippen molar-refractivity contribution in [3.8, 4) is 23.1 Å². The second-order valence-corrected chi connectivity index (χ2v) is 8.23. The normalized spacial score (nSPS) is 12.9. The Hall–Kier alpha value is -3.18. The van der Waals surface area contributed by atoms with E-state index in [9.17, 15) is 14.4 Å². The van der Waals surface area contributed by atoms with Crippen molar-refractivity contribution in [3.05, 3.63) is 60.4 Å². The van der Waals surface area contributed by atoms with Gasteiger partial charge in [-0.2, -0.15) is 5.26 Å². The van der Waals surface area contributed by atoms with Crippen molar-refractivity contribution < 1.29 is 9.18 Å². The summed E-state index contributed by atoms with van der Waals surface area (Å²) in [5.74, 6) is 0.00921. The van der Waals surface area contributed by atoms with Gasteiger partial charge in [0.25, 0.3) is 0 Å². The molecule has 0 fully saturated rings. The summed E-state index contributed by atoms with van der Waals surface area (Å²) in [7, 11) is 0. The van der Waals surface area contributed by atoms with Crippen molar-refractivity contribution in [3.63, 3.8) is 0 Å². The predicted molar refractivity (Wildman–Crippen MR) is 114 cm³/mol. The van der Waals surface area contributed by atoms with Gasteiger partial charge in [0.2, 0.25) is 5.91 Å². The van der Waals surface area contributed by atoms with Crippen LogP contribution in [0.5, 0.6) is 0 Å². The van der Waals surface area contributed by atoms with E-state index < -0.39 is 5.54 Å². The van der Waals surface area contributed by atoms with Crippen molar-refractivity contribution in [1.29, 1.82) is 5.26 Å². The number of rotatable bonds is 7. The SMILES string of the molecule is CC(C)C(C)(C#N)NC(=O)CSc1nnc(-c2ccccc2)n1-c1ccc(F)cc1. The Labute approximate surface area is 179 Å². The molecule has 0 aliphatic rings. The van der Waals surface area contributed by atoms with E-state index in [0.29, 0.717) is 16.7 Å². The lowest BCUT2D eigenvalue weighted by molar-refractivity contribution is -0.120. The van der Waals surface area contributed by atoms with Crippen LogP contribution < -0.4 is 5.32 Å². The van der Waals surface area contributed by atoms with Gasteiger partial charge in [0.1, 0.15) is 11.4 Å². The maximum Gasteiger partial charge on any atom is 0.231 e. The smallest absolute Gasteiger partial charge is 0.231 e. The standard InChI is InChI=1S/C22H22FN5OS/c1-15(2)22(3,14-24)25-19(29)13-30-21-27-26-20(16-7-5-4-6-8-16)28(21)18-11-9-17(23)10-12-18/h4-12,15H,13H2,1-3H3,(H,25,29). The number of nitrogens with zero attached hydrogens (tertiary/aromatic N) is 4. The van der Waals surface area contributed by atoms with Gasteiger partial charge >= 0.3 is 0 Å². The van der Waals surface area contributed by atoms with Gasteiger partial charge in [-0.05, 0) is 37.1 Å². The molecule has 8 heteroatoms. The first-order valence-corrected chi connectivity index (χ1v) is 10.4. The van der Waals surface area contributed by atoms with Crippen LogP contribution in [0.1, 0.15) is 20.8 Å². The quantitative estimate of drug-likeness (QED) is 0.575. The highest BCUT2D eigenvalue weighted by Crippen LogP contribution is 2.28. The molecular weight excluding hydrogens is 401 g/mol. The summed E-state index contributed by atoms with van der Waals surface area (Å²) < 4.78 is 15.2. The molecule has 0 aliphatic carbocycles. The molecule has 1 N–H and O–H groups in total. The summed E-state index contributed by atoms with van der Waals surface area (Å²) in [6, 6.07) is 17.7. The Kier molecular flexibility index (Phi) is 6.53. The zero-order valence-corrected chi connectivity index (χ0v) is 17.8. The van der Waals surface area contributed by atoms with E-state index >= 15 is 0 Å². The Balaban J connectivity index is 1.88. The average Bonchev–Trinajstić information content (AvgIpc) is 3.17. The number of thioether (sulfide) groups is 1. The first-order valence-electron chi connectivity index (χ1n) is 9.46. The Bertz CT molecular complexity index is 1060. The van der Waals surface area contributed by atoms with Crippen LogP contribution in [0, 0.1) is 23.1 Å². The van der Waals surface area contributed by atoms with Crippen LogP contribution in [0.25, 0.3) is 17.1 Å². The number of hydrogen-bond donors (Lipinski definition) is 1. The van der Waals surface area contributed by atoms with Crippen molar-refractivity contribution in [2.45, 2.75) is 31.5 Å². The Morgan fingerprint density at radius 2 is 1.87 bits per heavy atom. The van der Waals surface area contributed by atoms with Crippen LogP contribution in [0.3, 0.4) is 0 Å². The number of carbonyl (C=O) groups is 1. The molecule has 30 heavy (non-hydrogen) atoms. The van der Waals surface area contributed by atoms with E-state index in [1.54, 1.807) is 23.6 Å². The Morgan fingerprint density at radius 1 is 1.20 bits per heavy atom. The third-order valence-electron chi connectivity index (χ3n) is 4.87. The third kappa shape index (κ3) is 4.69. The van der Waals surface area contributed by atoms with Crippen molar-refractivity contribution in [2.75, 3.05) is 5.75 Å². The van der Waals surface area contributed by atoms with E-state index in [2.05, 4.69) is 21.6 Å². The molecule has 0 bridgehead atoms. The third-order valence-corrected chi connectivity index (χ3v) is 5.80. The number of hydrogen-bond acceptors (Lipinski definition) is 5. The lowest BCUT2D eigenvalue weighted by Gasteiger charge is -2.27. The second kappa shape index (κ2) is 9.09. The summed E-state index contributed by atoms with van der Waals surface area (Å²) in [5.41, 5.74) is 0.590. The van der Waals surface area contributed by atoms with Gasteiger partial charge in [-0.1, -0.05) is 55.9 Å². The van der Waals surface area contributed by atoms with Gasteiger partial charge in [0.15, 0.2) is 11.0 Å². The van der Waals surface area contributed by atoms with E-state index in [1.165, 1.54) is 23.9 Å². The minimum absolute atomic E-state index is 0.0380. The molecule has 6 nitrogen and oxygen atoms in total. The highest BCUT2D eigenvalue weighted by Gasteiger charge is 2.30. The monoisotopic (exact) mass is 423 g/mol. The fraction of sp³-hybridized carbons (Fsp3) is 0.273. The lowest BCUT2D eigenvalue weighted by atomic mass is 9.90. The molecule has 0 saturated heterocycles. The van der Waals surface area contributed by atoms with Crippen LogP contribution >= 0.6 is 11.8 Å². The summed E-state index contributed by atoms with van der Waals surface area (Å²) in [4.78, 5) is 12.5. The van der Waals surface area contributed by atoms with Crippen molar-refractivity contribution in [2.24, 2.45) is 5.92 Å². The summed E-state index contributed by atoms with van der Waals surface area (Å²) >= 11 is 1.21. The van der Waals surface area contributed by atoms with Gasteiger partial charge in [-0.15, -0.1) is 10.2 Å². The molecular formula is C22H22FN5OS. The van der Waals surface area contributed by atoms with Crippen LogP contribution in [0.4, 0.5) is 4.39 Å². The summed E-state index contributed by atoms with van der Waals surface area (Å²) in [6.07, 6.45) is 0. The zero-order valence-electron chi connectivity index (χ0n) is 17.0. The molecule has 1 heterocycles. The molecule has 1 aromatic heterocycles. The summed E-state index contributed by atoms with van der Waals surface area (Å²) in [6.45, 7) is 5.47. The molecule has 1 unspecified atom stereocenters. The molecule has 0 spiro atoms. The number of aromatic nitrogens is 3. The van der Waals surface area contributed by atoms with Crippen LogP contribution in [-0.4, -0.2) is 32.0 Å². The fourth-order valence-corrected chi connectivity index (χ4v) is 3.47. The van der Waals surface area contributed by atoms with Crippen LogP contribution in [-0.2, 0) is 4.79 Å². The lowest BCUT2D eigenvalue weighted by Crippen LogP contribution is -2.49. The zero-order chi connectivity index (χ0) is 21.7. The summed E-state index contributed by atoms with van der Waals surface area (Å²) in [5, 5.41) is 21.2. The number of nitriles is 1. The largest absolute Gasteiger partial charge is 0.337 e. The van der Waals surface area contributed by atoms with E-state index in [-0.39, 0.29) is 23.4 Å². The predicted octanol–water partition coefficient (Wildman–Crippen LogP) is 4.22. The second-order valence-electron chi connectivity index (χ2n) is 7.29. The molecule has 0 aliphatic heterocycles. The van der Waals surface area contributed by atoms with E-state index in [4.69, 9.17) is 0 Å². The van der Waals surface area contributed by atoms with E-state index in [1.807, 2.05) is 44.2 Å². The van der Waals surface area contributed by atoms with Crippen molar-refractivity contribution in [1.82, 2.24) is 20.1 Å².